The molecule has 3 rings (SSSR count). The number of nitrogens with two attached hydrogens (primary N) is 1. The van der Waals surface area contributed by atoms with Crippen LogP contribution in [0.2, 0.25) is 0 Å². The quantitative estimate of drug-likeness (QED) is 0.515. The molecule has 3 N–H and O–H groups in total. The predicted octanol–water partition coefficient (Wildman–Crippen LogP) is 2.90. The second-order valence-electron chi connectivity index (χ2n) is 4.81. The van der Waals surface area contributed by atoms with Crippen LogP contribution in [0.3, 0.4) is 0 Å². The highest BCUT2D eigenvalue weighted by atomic mass is 32.2. The van der Waals surface area contributed by atoms with Crippen molar-refractivity contribution in [1.82, 2.24) is 5.43 Å². The van der Waals surface area contributed by atoms with Crippen LogP contribution >= 0.6 is 11.8 Å². The molecule has 20 heavy (non-hydrogen) atoms. The van der Waals surface area contributed by atoms with Crippen LogP contribution in [-0.4, -0.2) is 12.9 Å². The predicted molar refractivity (Wildman–Crippen MR) is 83.0 cm³/mol. The first-order chi connectivity index (χ1) is 9.83. The Bertz CT molecular complexity index is 615. The van der Waals surface area contributed by atoms with Crippen LogP contribution in [0, 0.1) is 0 Å². The first kappa shape index (κ1) is 13.5. The van der Waals surface area contributed by atoms with Crippen molar-refractivity contribution in [2.45, 2.75) is 17.4 Å². The Labute approximate surface area is 123 Å². The maximum Gasteiger partial charge on any atom is 0.122 e. The van der Waals surface area contributed by atoms with Gasteiger partial charge in [-0.15, -0.1) is 11.8 Å². The maximum atomic E-state index is 5.82. The lowest BCUT2D eigenvalue weighted by atomic mass is 9.97. The van der Waals surface area contributed by atoms with Crippen LogP contribution < -0.4 is 16.0 Å². The van der Waals surface area contributed by atoms with Gasteiger partial charge in [0.05, 0.1) is 12.6 Å². The highest BCUT2D eigenvalue weighted by Crippen LogP contribution is 2.33. The number of hydrazine groups is 1. The van der Waals surface area contributed by atoms with Crippen LogP contribution in [0.25, 0.3) is 0 Å². The number of fused-ring (bicyclic) bond motifs is 1. The van der Waals surface area contributed by atoms with Crippen molar-refractivity contribution < 1.29 is 4.74 Å². The van der Waals surface area contributed by atoms with Gasteiger partial charge in [-0.3, -0.25) is 5.84 Å². The molecule has 0 saturated heterocycles. The molecule has 3 nitrogen and oxygen atoms in total. The van der Waals surface area contributed by atoms with Gasteiger partial charge in [-0.1, -0.05) is 30.3 Å². The lowest BCUT2D eigenvalue weighted by molar-refractivity contribution is 0.357. The van der Waals surface area contributed by atoms with Crippen molar-refractivity contribution in [2.75, 3.05) is 12.9 Å². The van der Waals surface area contributed by atoms with Gasteiger partial charge in [0.1, 0.15) is 5.75 Å². The summed E-state index contributed by atoms with van der Waals surface area (Å²) >= 11 is 1.74. The van der Waals surface area contributed by atoms with Crippen LogP contribution in [-0.2, 0) is 6.42 Å². The average molecular weight is 286 g/mol. The first-order valence-corrected chi connectivity index (χ1v) is 7.90. The fourth-order valence-electron chi connectivity index (χ4n) is 2.66. The summed E-state index contributed by atoms with van der Waals surface area (Å²) in [6, 6.07) is 14.7. The highest BCUT2D eigenvalue weighted by Gasteiger charge is 2.19. The van der Waals surface area contributed by atoms with Gasteiger partial charge >= 0.3 is 0 Å². The van der Waals surface area contributed by atoms with Gasteiger partial charge in [0.15, 0.2) is 0 Å². The molecular weight excluding hydrogens is 268 g/mol. The van der Waals surface area contributed by atoms with E-state index in [0.29, 0.717) is 0 Å². The van der Waals surface area contributed by atoms with E-state index in [2.05, 4.69) is 48.1 Å². The summed E-state index contributed by atoms with van der Waals surface area (Å²) in [4.78, 5) is 1.24. The molecule has 2 aromatic carbocycles. The first-order valence-electron chi connectivity index (χ1n) is 6.68. The second kappa shape index (κ2) is 5.87. The van der Waals surface area contributed by atoms with Gasteiger partial charge in [0, 0.05) is 11.3 Å². The van der Waals surface area contributed by atoms with E-state index in [1.165, 1.54) is 21.6 Å². The molecule has 0 aromatic heterocycles. The van der Waals surface area contributed by atoms with Crippen molar-refractivity contribution in [1.29, 1.82) is 0 Å². The van der Waals surface area contributed by atoms with Gasteiger partial charge in [-0.05, 0) is 35.1 Å². The number of ether oxygens (including phenoxy) is 1. The largest absolute Gasteiger partial charge is 0.493 e. The number of hydrogen-bond donors (Lipinski definition) is 2. The van der Waals surface area contributed by atoms with E-state index >= 15 is 0 Å². The molecule has 2 aromatic rings. The normalized spacial score (nSPS) is 14.7. The molecule has 4 heteroatoms. The van der Waals surface area contributed by atoms with E-state index in [9.17, 15) is 0 Å². The van der Waals surface area contributed by atoms with E-state index in [1.54, 1.807) is 11.8 Å². The summed E-state index contributed by atoms with van der Waals surface area (Å²) in [5.74, 6) is 6.82. The van der Waals surface area contributed by atoms with E-state index < -0.39 is 0 Å². The van der Waals surface area contributed by atoms with E-state index in [1.807, 2.05) is 6.07 Å². The Morgan fingerprint density at radius 2 is 2.10 bits per heavy atom. The van der Waals surface area contributed by atoms with Crippen LogP contribution in [0.5, 0.6) is 5.75 Å². The van der Waals surface area contributed by atoms with E-state index in [-0.39, 0.29) is 6.04 Å². The molecule has 0 radical (unpaired) electrons. The number of thioether (sulfide) groups is 1. The molecule has 0 fully saturated rings. The molecule has 0 spiro atoms. The number of hydrogen-bond acceptors (Lipinski definition) is 4. The smallest absolute Gasteiger partial charge is 0.122 e. The molecule has 104 valence electrons. The summed E-state index contributed by atoms with van der Waals surface area (Å²) in [5, 5.41) is 0. The van der Waals surface area contributed by atoms with Crippen molar-refractivity contribution in [2.24, 2.45) is 5.84 Å². The van der Waals surface area contributed by atoms with E-state index in [0.717, 1.165) is 18.8 Å². The minimum Gasteiger partial charge on any atom is -0.493 e. The van der Waals surface area contributed by atoms with Gasteiger partial charge < -0.3 is 4.74 Å². The van der Waals surface area contributed by atoms with Crippen LogP contribution in [0.1, 0.15) is 22.7 Å². The Morgan fingerprint density at radius 3 is 2.90 bits per heavy atom. The summed E-state index contributed by atoms with van der Waals surface area (Å²) < 4.78 is 5.56. The summed E-state index contributed by atoms with van der Waals surface area (Å²) in [5.41, 5.74) is 6.60. The third-order valence-electron chi connectivity index (χ3n) is 3.66. The lowest BCUT2D eigenvalue weighted by Crippen LogP contribution is -2.29. The molecule has 1 aliphatic rings. The Kier molecular flexibility index (Phi) is 3.96. The molecule has 0 saturated carbocycles. The molecule has 1 unspecified atom stereocenters. The third-order valence-corrected chi connectivity index (χ3v) is 4.48. The number of rotatable bonds is 4. The van der Waals surface area contributed by atoms with Crippen molar-refractivity contribution in [3.63, 3.8) is 0 Å². The fourth-order valence-corrected chi connectivity index (χ4v) is 3.29. The van der Waals surface area contributed by atoms with Gasteiger partial charge in [-0.25, -0.2) is 5.43 Å². The maximum absolute atomic E-state index is 5.82. The molecule has 1 aliphatic heterocycles. The third kappa shape index (κ3) is 2.42. The topological polar surface area (TPSA) is 47.3 Å². The Hall–Kier alpha value is -1.49. The molecule has 1 atom stereocenters. The molecule has 1 heterocycles. The van der Waals surface area contributed by atoms with Gasteiger partial charge in [0.25, 0.3) is 0 Å². The SMILES string of the molecule is CSc1ccccc1C(NN)c1ccc2c(c1)CCO2. The Balaban J connectivity index is 2.01. The molecular formula is C16H18N2OS. The van der Waals surface area contributed by atoms with Crippen molar-refractivity contribution in [3.05, 3.63) is 59.2 Å². The van der Waals surface area contributed by atoms with Crippen LogP contribution in [0.15, 0.2) is 47.4 Å². The zero-order valence-electron chi connectivity index (χ0n) is 11.4. The monoisotopic (exact) mass is 286 g/mol. The minimum absolute atomic E-state index is 0.00421. The summed E-state index contributed by atoms with van der Waals surface area (Å²) in [6.07, 6.45) is 3.06. The summed E-state index contributed by atoms with van der Waals surface area (Å²) in [7, 11) is 0. The Morgan fingerprint density at radius 1 is 1.25 bits per heavy atom. The highest BCUT2D eigenvalue weighted by molar-refractivity contribution is 7.98. The standard InChI is InChI=1S/C16H18N2OS/c1-20-15-5-3-2-4-13(15)16(18-17)12-6-7-14-11(10-12)8-9-19-14/h2-7,10,16,18H,8-9,17H2,1H3. The summed E-state index contributed by atoms with van der Waals surface area (Å²) in [6.45, 7) is 0.779. The van der Waals surface area contributed by atoms with E-state index in [4.69, 9.17) is 10.6 Å². The molecule has 0 amide bonds. The molecule has 0 aliphatic carbocycles. The molecule has 0 bridgehead atoms. The van der Waals surface area contributed by atoms with Gasteiger partial charge in [-0.2, -0.15) is 0 Å². The van der Waals surface area contributed by atoms with Gasteiger partial charge in [0.2, 0.25) is 0 Å². The van der Waals surface area contributed by atoms with Crippen molar-refractivity contribution in [3.8, 4) is 5.75 Å². The minimum atomic E-state index is 0.00421. The zero-order chi connectivity index (χ0) is 13.9. The fraction of sp³-hybridized carbons (Fsp3) is 0.250. The number of benzene rings is 2. The van der Waals surface area contributed by atoms with Crippen molar-refractivity contribution >= 4 is 11.8 Å². The van der Waals surface area contributed by atoms with Crippen LogP contribution in [0.4, 0.5) is 0 Å². The lowest BCUT2D eigenvalue weighted by Gasteiger charge is -2.20. The number of nitrogens with one attached hydrogen (secondary N) is 1. The zero-order valence-corrected chi connectivity index (χ0v) is 12.2. The average Bonchev–Trinajstić information content (AvgIpc) is 2.96. The second-order valence-corrected chi connectivity index (χ2v) is 5.66.